The van der Waals surface area contributed by atoms with Gasteiger partial charge in [0.1, 0.15) is 5.10 Å². The minimum absolute atomic E-state index is 0.222. The second-order valence-corrected chi connectivity index (χ2v) is 3.50. The van der Waals surface area contributed by atoms with Gasteiger partial charge in [0.15, 0.2) is 5.03 Å². The first-order chi connectivity index (χ1) is 8.15. The Kier molecular flexibility index (Phi) is 3.12. The second kappa shape index (κ2) is 4.73. The summed E-state index contributed by atoms with van der Waals surface area (Å²) < 4.78 is 12.6. The number of guanidine groups is 1. The number of hydrazone groups is 1. The molecule has 17 heavy (non-hydrogen) atoms. The van der Waals surface area contributed by atoms with E-state index in [1.165, 1.54) is 12.3 Å². The molecule has 8 heteroatoms. The molecule has 1 aromatic heterocycles. The molecule has 0 aliphatic carbocycles. The van der Waals surface area contributed by atoms with E-state index in [4.69, 9.17) is 0 Å². The molecule has 1 saturated heterocycles. The van der Waals surface area contributed by atoms with Gasteiger partial charge in [0.25, 0.3) is 5.96 Å². The molecule has 0 aromatic carbocycles. The molecule has 0 saturated carbocycles. The van der Waals surface area contributed by atoms with E-state index in [2.05, 4.69) is 15.4 Å². The number of hydrogen-bond donors (Lipinski definition) is 1. The van der Waals surface area contributed by atoms with E-state index in [0.717, 1.165) is 5.56 Å². The van der Waals surface area contributed by atoms with Gasteiger partial charge in [0.05, 0.1) is 0 Å². The predicted molar refractivity (Wildman–Crippen MR) is 57.0 cm³/mol. The monoisotopic (exact) mass is 239 g/mol. The normalized spacial score (nSPS) is 17.2. The van der Waals surface area contributed by atoms with Crippen LogP contribution in [0.5, 0.6) is 0 Å². The molecule has 90 valence electrons. The van der Waals surface area contributed by atoms with Crippen LogP contribution >= 0.6 is 0 Å². The molecule has 1 N–H and O–H groups in total. The Balaban J connectivity index is 2.07. The van der Waals surface area contributed by atoms with Crippen LogP contribution in [0, 0.1) is 16.1 Å². The number of hydrogen-bond acceptors (Lipinski definition) is 3. The zero-order valence-corrected chi connectivity index (χ0v) is 8.84. The first-order valence-corrected chi connectivity index (χ1v) is 4.97. The number of rotatable bonds is 3. The van der Waals surface area contributed by atoms with Crippen molar-refractivity contribution >= 4 is 5.96 Å². The molecule has 7 nitrogen and oxygen atoms in total. The summed E-state index contributed by atoms with van der Waals surface area (Å²) in [5.41, 5.74) is 0.770. The Bertz CT molecular complexity index is 447. The lowest BCUT2D eigenvalue weighted by Crippen LogP contribution is -2.30. The third kappa shape index (κ3) is 2.86. The van der Waals surface area contributed by atoms with Crippen LogP contribution in [0.4, 0.5) is 4.39 Å². The highest BCUT2D eigenvalue weighted by molar-refractivity contribution is 5.81. The lowest BCUT2D eigenvalue weighted by molar-refractivity contribution is -0.485. The molecule has 1 aliphatic heterocycles. The zero-order valence-electron chi connectivity index (χ0n) is 8.84. The minimum Gasteiger partial charge on any atom is -0.349 e. The quantitative estimate of drug-likeness (QED) is 0.462. The number of aromatic nitrogens is 1. The first kappa shape index (κ1) is 11.2. The zero-order chi connectivity index (χ0) is 12.3. The maximum atomic E-state index is 12.6. The fraction of sp³-hybridized carbons (Fsp3) is 0.333. The van der Waals surface area contributed by atoms with Crippen molar-refractivity contribution in [3.8, 4) is 0 Å². The molecule has 0 radical (unpaired) electrons. The van der Waals surface area contributed by atoms with Crippen molar-refractivity contribution in [2.45, 2.75) is 6.54 Å². The SMILES string of the molecule is O=[N+]([O-])N=C1NCCN1Cc1ccc(F)nc1. The minimum atomic E-state index is -0.746. The average molecular weight is 239 g/mol. The van der Waals surface area contributed by atoms with E-state index in [1.807, 2.05) is 0 Å². The molecule has 2 rings (SSSR count). The summed E-state index contributed by atoms with van der Waals surface area (Å²) >= 11 is 0. The summed E-state index contributed by atoms with van der Waals surface area (Å²) in [6.45, 7) is 1.62. The number of nitrogens with zero attached hydrogens (tertiary/aromatic N) is 4. The van der Waals surface area contributed by atoms with Gasteiger partial charge in [-0.15, -0.1) is 0 Å². The summed E-state index contributed by atoms with van der Waals surface area (Å²) in [6, 6.07) is 2.84. The summed E-state index contributed by atoms with van der Waals surface area (Å²) in [6.07, 6.45) is 1.40. The molecule has 2 heterocycles. The average Bonchev–Trinajstić information content (AvgIpc) is 2.68. The molecule has 0 atom stereocenters. The van der Waals surface area contributed by atoms with Crippen molar-refractivity contribution in [2.75, 3.05) is 13.1 Å². The summed E-state index contributed by atoms with van der Waals surface area (Å²) in [5.74, 6) is -0.327. The van der Waals surface area contributed by atoms with Crippen molar-refractivity contribution in [3.05, 3.63) is 40.0 Å². The van der Waals surface area contributed by atoms with Gasteiger partial charge in [-0.25, -0.2) is 15.1 Å². The third-order valence-corrected chi connectivity index (χ3v) is 2.30. The van der Waals surface area contributed by atoms with Gasteiger partial charge in [-0.05, 0) is 11.6 Å². The molecule has 0 amide bonds. The summed E-state index contributed by atoms with van der Waals surface area (Å²) in [4.78, 5) is 15.5. The highest BCUT2D eigenvalue weighted by Crippen LogP contribution is 2.07. The molecule has 0 bridgehead atoms. The van der Waals surface area contributed by atoms with Crippen LogP contribution in [0.3, 0.4) is 0 Å². The fourth-order valence-corrected chi connectivity index (χ4v) is 1.57. The van der Waals surface area contributed by atoms with Crippen LogP contribution in [0.1, 0.15) is 5.56 Å². The van der Waals surface area contributed by atoms with Crippen molar-refractivity contribution in [1.29, 1.82) is 0 Å². The number of pyridine rings is 1. The van der Waals surface area contributed by atoms with Crippen LogP contribution in [-0.4, -0.2) is 34.0 Å². The Morgan fingerprint density at radius 3 is 3.12 bits per heavy atom. The van der Waals surface area contributed by atoms with Crippen molar-refractivity contribution in [1.82, 2.24) is 15.2 Å². The Hall–Kier alpha value is -2.25. The molecule has 1 fully saturated rings. The predicted octanol–water partition coefficient (Wildman–Crippen LogP) is 0.174. The summed E-state index contributed by atoms with van der Waals surface area (Å²) in [7, 11) is 0. The summed E-state index contributed by atoms with van der Waals surface area (Å²) in [5, 5.41) is 15.6. The van der Waals surface area contributed by atoms with Crippen LogP contribution in [0.2, 0.25) is 0 Å². The first-order valence-electron chi connectivity index (χ1n) is 4.97. The van der Waals surface area contributed by atoms with E-state index in [9.17, 15) is 14.5 Å². The van der Waals surface area contributed by atoms with Crippen molar-refractivity contribution in [2.24, 2.45) is 5.10 Å². The molecule has 1 aromatic rings. The molecule has 1 aliphatic rings. The topological polar surface area (TPSA) is 83.7 Å². The Morgan fingerprint density at radius 1 is 1.65 bits per heavy atom. The Morgan fingerprint density at radius 2 is 2.47 bits per heavy atom. The van der Waals surface area contributed by atoms with E-state index in [1.54, 1.807) is 11.0 Å². The molecular formula is C9H10FN5O2. The van der Waals surface area contributed by atoms with Crippen LogP contribution in [-0.2, 0) is 6.54 Å². The van der Waals surface area contributed by atoms with Gasteiger partial charge in [0, 0.05) is 25.8 Å². The van der Waals surface area contributed by atoms with E-state index >= 15 is 0 Å². The van der Waals surface area contributed by atoms with Crippen LogP contribution in [0.25, 0.3) is 0 Å². The van der Waals surface area contributed by atoms with E-state index in [-0.39, 0.29) is 5.96 Å². The highest BCUT2D eigenvalue weighted by Gasteiger charge is 2.21. The fourth-order valence-electron chi connectivity index (χ4n) is 1.57. The highest BCUT2D eigenvalue weighted by atomic mass is 19.1. The smallest absolute Gasteiger partial charge is 0.271 e. The van der Waals surface area contributed by atoms with E-state index in [0.29, 0.717) is 19.6 Å². The maximum absolute atomic E-state index is 12.6. The lowest BCUT2D eigenvalue weighted by atomic mass is 10.3. The van der Waals surface area contributed by atoms with Crippen LogP contribution < -0.4 is 5.32 Å². The molecule has 0 unspecified atom stereocenters. The van der Waals surface area contributed by atoms with Crippen molar-refractivity contribution in [3.63, 3.8) is 0 Å². The van der Waals surface area contributed by atoms with Gasteiger partial charge < -0.3 is 10.2 Å². The van der Waals surface area contributed by atoms with Crippen LogP contribution in [0.15, 0.2) is 23.4 Å². The van der Waals surface area contributed by atoms with Crippen molar-refractivity contribution < 1.29 is 9.42 Å². The van der Waals surface area contributed by atoms with Gasteiger partial charge >= 0.3 is 0 Å². The van der Waals surface area contributed by atoms with Gasteiger partial charge in [-0.1, -0.05) is 6.07 Å². The van der Waals surface area contributed by atoms with Gasteiger partial charge in [0.2, 0.25) is 5.95 Å². The lowest BCUT2D eigenvalue weighted by Gasteiger charge is -2.14. The molecular weight excluding hydrogens is 229 g/mol. The third-order valence-electron chi connectivity index (χ3n) is 2.30. The Labute approximate surface area is 96.1 Å². The van der Waals surface area contributed by atoms with Gasteiger partial charge in [-0.3, -0.25) is 0 Å². The standard InChI is InChI=1S/C9H10FN5O2/c10-8-2-1-7(5-12-8)6-14-4-3-11-9(14)13-15(16)17/h1-2,5H,3-4,6H2,(H,11,13). The number of nitrogens with one attached hydrogen (secondary N) is 1. The number of nitro groups is 1. The molecule has 0 spiro atoms. The second-order valence-electron chi connectivity index (χ2n) is 3.50. The largest absolute Gasteiger partial charge is 0.349 e. The van der Waals surface area contributed by atoms with Gasteiger partial charge in [-0.2, -0.15) is 4.39 Å². The maximum Gasteiger partial charge on any atom is 0.271 e. The van der Waals surface area contributed by atoms with E-state index < -0.39 is 11.0 Å². The number of halogens is 1.